The minimum Gasteiger partial charge on any atom is -0.497 e. The Bertz CT molecular complexity index is 636. The highest BCUT2D eigenvalue weighted by molar-refractivity contribution is 6.08. The van der Waals surface area contributed by atoms with E-state index in [4.69, 9.17) is 4.74 Å². The lowest BCUT2D eigenvalue weighted by atomic mass is 9.77. The molecule has 0 spiro atoms. The van der Waals surface area contributed by atoms with Crippen molar-refractivity contribution in [3.8, 4) is 5.75 Å². The molecule has 2 aromatic rings. The van der Waals surface area contributed by atoms with Gasteiger partial charge in [-0.25, -0.2) is 0 Å². The monoisotopic (exact) mass is 253 g/mol. The van der Waals surface area contributed by atoms with Gasteiger partial charge in [0.2, 0.25) is 5.91 Å². The molecular weight excluding hydrogens is 238 g/mol. The summed E-state index contributed by atoms with van der Waals surface area (Å²) in [5.41, 5.74) is 2.14. The summed E-state index contributed by atoms with van der Waals surface area (Å²) in [6.07, 6.45) is 0. The van der Waals surface area contributed by atoms with Crippen molar-refractivity contribution in [1.29, 1.82) is 0 Å². The molecule has 0 bridgehead atoms. The molecule has 0 radical (unpaired) electrons. The molecule has 1 aliphatic heterocycles. The summed E-state index contributed by atoms with van der Waals surface area (Å²) in [7, 11) is 1.63. The molecule has 2 aromatic carbocycles. The summed E-state index contributed by atoms with van der Waals surface area (Å²) in [6, 6.07) is 15.5. The van der Waals surface area contributed by atoms with E-state index >= 15 is 0 Å². The first-order valence-corrected chi connectivity index (χ1v) is 6.22. The van der Waals surface area contributed by atoms with Crippen molar-refractivity contribution in [2.45, 2.75) is 12.3 Å². The van der Waals surface area contributed by atoms with Crippen molar-refractivity contribution in [2.75, 3.05) is 12.4 Å². The lowest BCUT2D eigenvalue weighted by Crippen LogP contribution is -2.32. The predicted octanol–water partition coefficient (Wildman–Crippen LogP) is 2.95. The number of ether oxygens (including phenoxy) is 1. The van der Waals surface area contributed by atoms with Gasteiger partial charge in [0, 0.05) is 5.69 Å². The van der Waals surface area contributed by atoms with E-state index in [1.54, 1.807) is 7.11 Å². The van der Waals surface area contributed by atoms with Gasteiger partial charge in [0.05, 0.1) is 12.5 Å². The predicted molar refractivity (Wildman–Crippen MR) is 74.5 cm³/mol. The van der Waals surface area contributed by atoms with Crippen LogP contribution in [-0.4, -0.2) is 13.0 Å². The standard InChI is InChI=1S/C16H15NO2/c1-16(11-6-4-3-5-7-11)13-10-12(19-2)8-9-14(13)17-15(16)18/h3-10H,1-2H3,(H,17,18). The first kappa shape index (κ1) is 11.8. The third-order valence-electron chi connectivity index (χ3n) is 3.82. The molecule has 0 aliphatic carbocycles. The summed E-state index contributed by atoms with van der Waals surface area (Å²) < 4.78 is 5.26. The van der Waals surface area contributed by atoms with Crippen LogP contribution in [0, 0.1) is 0 Å². The van der Waals surface area contributed by atoms with Gasteiger partial charge in [-0.15, -0.1) is 0 Å². The number of anilines is 1. The molecule has 0 fully saturated rings. The highest BCUT2D eigenvalue weighted by Gasteiger charge is 2.44. The number of nitrogens with one attached hydrogen (secondary N) is 1. The Morgan fingerprint density at radius 3 is 2.53 bits per heavy atom. The van der Waals surface area contributed by atoms with Crippen LogP contribution in [0.3, 0.4) is 0 Å². The van der Waals surface area contributed by atoms with Crippen LogP contribution in [0.2, 0.25) is 0 Å². The minimum atomic E-state index is -0.662. The molecule has 1 amide bonds. The number of carbonyl (C=O) groups is 1. The molecule has 1 unspecified atom stereocenters. The quantitative estimate of drug-likeness (QED) is 0.893. The molecule has 0 saturated heterocycles. The maximum Gasteiger partial charge on any atom is 0.239 e. The summed E-state index contributed by atoms with van der Waals surface area (Å²) in [6.45, 7) is 1.95. The molecule has 1 atom stereocenters. The Morgan fingerprint density at radius 1 is 1.11 bits per heavy atom. The second-order valence-corrected chi connectivity index (χ2v) is 4.86. The van der Waals surface area contributed by atoms with Crippen molar-refractivity contribution in [2.24, 2.45) is 0 Å². The molecular formula is C16H15NO2. The number of hydrogen-bond acceptors (Lipinski definition) is 2. The number of amides is 1. The van der Waals surface area contributed by atoms with Crippen LogP contribution in [0.4, 0.5) is 5.69 Å². The van der Waals surface area contributed by atoms with Crippen LogP contribution in [0.15, 0.2) is 48.5 Å². The summed E-state index contributed by atoms with van der Waals surface area (Å²) in [4.78, 5) is 12.4. The van der Waals surface area contributed by atoms with E-state index < -0.39 is 5.41 Å². The fraction of sp³-hybridized carbons (Fsp3) is 0.188. The number of hydrogen-bond donors (Lipinski definition) is 1. The van der Waals surface area contributed by atoms with E-state index in [-0.39, 0.29) is 5.91 Å². The molecule has 0 saturated carbocycles. The second-order valence-electron chi connectivity index (χ2n) is 4.86. The summed E-state index contributed by atoms with van der Waals surface area (Å²) in [5, 5.41) is 2.94. The topological polar surface area (TPSA) is 38.3 Å². The Labute approximate surface area is 112 Å². The lowest BCUT2D eigenvalue weighted by Gasteiger charge is -2.23. The van der Waals surface area contributed by atoms with E-state index in [9.17, 15) is 4.79 Å². The summed E-state index contributed by atoms with van der Waals surface area (Å²) >= 11 is 0. The van der Waals surface area contributed by atoms with Crippen LogP contribution in [0.5, 0.6) is 5.75 Å². The van der Waals surface area contributed by atoms with E-state index in [0.29, 0.717) is 0 Å². The minimum absolute atomic E-state index is 0.00181. The zero-order chi connectivity index (χ0) is 13.5. The van der Waals surface area contributed by atoms with Gasteiger partial charge in [-0.05, 0) is 36.2 Å². The van der Waals surface area contributed by atoms with E-state index in [2.05, 4.69) is 5.32 Å². The first-order valence-electron chi connectivity index (χ1n) is 6.22. The molecule has 1 N–H and O–H groups in total. The largest absolute Gasteiger partial charge is 0.497 e. The first-order chi connectivity index (χ1) is 9.16. The molecule has 1 heterocycles. The Balaban J connectivity index is 2.21. The van der Waals surface area contributed by atoms with Gasteiger partial charge >= 0.3 is 0 Å². The van der Waals surface area contributed by atoms with Gasteiger partial charge in [-0.3, -0.25) is 4.79 Å². The van der Waals surface area contributed by atoms with E-state index in [1.165, 1.54) is 0 Å². The van der Waals surface area contributed by atoms with Crippen molar-refractivity contribution >= 4 is 11.6 Å². The fourth-order valence-corrected chi connectivity index (χ4v) is 2.60. The number of carbonyl (C=O) groups excluding carboxylic acids is 1. The maximum absolute atomic E-state index is 12.4. The lowest BCUT2D eigenvalue weighted by molar-refractivity contribution is -0.119. The Kier molecular flexibility index (Phi) is 2.56. The average Bonchev–Trinajstić information content (AvgIpc) is 2.72. The van der Waals surface area contributed by atoms with Crippen molar-refractivity contribution in [3.05, 3.63) is 59.7 Å². The molecule has 19 heavy (non-hydrogen) atoms. The van der Waals surface area contributed by atoms with Gasteiger partial charge in [-0.1, -0.05) is 30.3 Å². The fourth-order valence-electron chi connectivity index (χ4n) is 2.60. The average molecular weight is 253 g/mol. The van der Waals surface area contributed by atoms with Gasteiger partial charge in [-0.2, -0.15) is 0 Å². The maximum atomic E-state index is 12.4. The zero-order valence-corrected chi connectivity index (χ0v) is 10.9. The molecule has 3 heteroatoms. The Morgan fingerprint density at radius 2 is 1.84 bits per heavy atom. The van der Waals surface area contributed by atoms with Crippen molar-refractivity contribution in [1.82, 2.24) is 0 Å². The van der Waals surface area contributed by atoms with E-state index in [1.807, 2.05) is 55.5 Å². The molecule has 3 rings (SSSR count). The summed E-state index contributed by atoms with van der Waals surface area (Å²) in [5.74, 6) is 0.763. The third-order valence-corrected chi connectivity index (χ3v) is 3.82. The van der Waals surface area contributed by atoms with Gasteiger partial charge in [0.15, 0.2) is 0 Å². The Hall–Kier alpha value is -2.29. The second kappa shape index (κ2) is 4.12. The van der Waals surface area contributed by atoms with E-state index in [0.717, 1.165) is 22.6 Å². The SMILES string of the molecule is COc1ccc2c(c1)C(C)(c1ccccc1)C(=O)N2. The van der Waals surface area contributed by atoms with Gasteiger partial charge < -0.3 is 10.1 Å². The van der Waals surface area contributed by atoms with Crippen LogP contribution in [0.25, 0.3) is 0 Å². The molecule has 1 aliphatic rings. The van der Waals surface area contributed by atoms with Crippen molar-refractivity contribution < 1.29 is 9.53 Å². The van der Waals surface area contributed by atoms with Crippen LogP contribution >= 0.6 is 0 Å². The molecule has 0 aromatic heterocycles. The number of benzene rings is 2. The highest BCUT2D eigenvalue weighted by Crippen LogP contribution is 2.43. The number of methoxy groups -OCH3 is 1. The number of rotatable bonds is 2. The highest BCUT2D eigenvalue weighted by atomic mass is 16.5. The smallest absolute Gasteiger partial charge is 0.239 e. The molecule has 3 nitrogen and oxygen atoms in total. The van der Waals surface area contributed by atoms with Crippen molar-refractivity contribution in [3.63, 3.8) is 0 Å². The van der Waals surface area contributed by atoms with Gasteiger partial charge in [0.25, 0.3) is 0 Å². The van der Waals surface area contributed by atoms with Gasteiger partial charge in [0.1, 0.15) is 5.75 Å². The normalized spacial score (nSPS) is 20.8. The zero-order valence-electron chi connectivity index (χ0n) is 10.9. The van der Waals surface area contributed by atoms with Crippen LogP contribution in [0.1, 0.15) is 18.1 Å². The molecule has 96 valence electrons. The van der Waals surface area contributed by atoms with Crippen LogP contribution < -0.4 is 10.1 Å². The third kappa shape index (κ3) is 1.62. The number of fused-ring (bicyclic) bond motifs is 1. The van der Waals surface area contributed by atoms with Crippen LogP contribution in [-0.2, 0) is 10.2 Å².